The quantitative estimate of drug-likeness (QED) is 0.734. The summed E-state index contributed by atoms with van der Waals surface area (Å²) in [6.45, 7) is 0. The molecule has 0 saturated heterocycles. The summed E-state index contributed by atoms with van der Waals surface area (Å²) in [5.41, 5.74) is 0.859. The second-order valence-corrected chi connectivity index (χ2v) is 3.07. The van der Waals surface area contributed by atoms with Crippen molar-refractivity contribution in [2.45, 2.75) is 0 Å². The van der Waals surface area contributed by atoms with E-state index in [0.717, 1.165) is 0 Å². The van der Waals surface area contributed by atoms with Gasteiger partial charge in [0.2, 0.25) is 0 Å². The van der Waals surface area contributed by atoms with E-state index in [0.29, 0.717) is 17.0 Å². The summed E-state index contributed by atoms with van der Waals surface area (Å²) in [5, 5.41) is 15.1. The van der Waals surface area contributed by atoms with Crippen LogP contribution in [0.1, 0.15) is 5.56 Å². The van der Waals surface area contributed by atoms with Crippen molar-refractivity contribution in [3.8, 4) is 17.5 Å². The molecule has 0 spiro atoms. The Morgan fingerprint density at radius 2 is 2.20 bits per heavy atom. The summed E-state index contributed by atoms with van der Waals surface area (Å²) >= 11 is 0. The van der Waals surface area contributed by atoms with Crippen molar-refractivity contribution in [1.29, 1.82) is 5.26 Å². The number of hydrogen-bond donors (Lipinski definition) is 1. The highest BCUT2D eigenvalue weighted by Gasteiger charge is 2.10. The van der Waals surface area contributed by atoms with E-state index in [-0.39, 0.29) is 5.69 Å². The SMILES string of the molecule is Cn1c(-c2ccccc2C#N)n[nH]c1=O. The molecule has 0 saturated carbocycles. The molecule has 0 aliphatic rings. The van der Waals surface area contributed by atoms with Gasteiger partial charge in [-0.1, -0.05) is 12.1 Å². The van der Waals surface area contributed by atoms with Gasteiger partial charge in [0.25, 0.3) is 0 Å². The molecule has 0 radical (unpaired) electrons. The van der Waals surface area contributed by atoms with Crippen molar-refractivity contribution in [2.24, 2.45) is 7.05 Å². The van der Waals surface area contributed by atoms with E-state index in [1.54, 1.807) is 31.3 Å². The van der Waals surface area contributed by atoms with Gasteiger partial charge >= 0.3 is 5.69 Å². The average Bonchev–Trinajstić information content (AvgIpc) is 2.60. The molecule has 1 N–H and O–H groups in total. The van der Waals surface area contributed by atoms with Crippen LogP contribution in [0.25, 0.3) is 11.4 Å². The van der Waals surface area contributed by atoms with E-state index < -0.39 is 0 Å². The molecule has 2 rings (SSSR count). The van der Waals surface area contributed by atoms with Crippen molar-refractivity contribution in [3.63, 3.8) is 0 Å². The van der Waals surface area contributed by atoms with Crippen molar-refractivity contribution in [2.75, 3.05) is 0 Å². The Hall–Kier alpha value is -2.35. The van der Waals surface area contributed by atoms with Crippen LogP contribution in [0.5, 0.6) is 0 Å². The zero-order valence-corrected chi connectivity index (χ0v) is 8.06. The maximum atomic E-state index is 11.2. The van der Waals surface area contributed by atoms with Crippen LogP contribution < -0.4 is 5.69 Å². The topological polar surface area (TPSA) is 74.5 Å². The van der Waals surface area contributed by atoms with Crippen molar-refractivity contribution >= 4 is 0 Å². The second kappa shape index (κ2) is 3.42. The first-order valence-electron chi connectivity index (χ1n) is 4.35. The standard InChI is InChI=1S/C10H8N4O/c1-14-9(12-13-10(14)15)8-5-3-2-4-7(8)6-11/h2-5H,1H3,(H,13,15). The lowest BCUT2D eigenvalue weighted by Gasteiger charge is -2.00. The lowest BCUT2D eigenvalue weighted by atomic mass is 10.1. The number of rotatable bonds is 1. The molecule has 0 atom stereocenters. The predicted octanol–water partition coefficient (Wildman–Crippen LogP) is 0.647. The number of nitrogens with one attached hydrogen (secondary N) is 1. The molecule has 1 aromatic heterocycles. The zero-order chi connectivity index (χ0) is 10.8. The fraction of sp³-hybridized carbons (Fsp3) is 0.100. The van der Waals surface area contributed by atoms with Gasteiger partial charge in [-0.2, -0.15) is 10.4 Å². The van der Waals surface area contributed by atoms with Crippen LogP contribution in [0.15, 0.2) is 29.1 Å². The summed E-state index contributed by atoms with van der Waals surface area (Å²) in [6, 6.07) is 9.08. The fourth-order valence-corrected chi connectivity index (χ4v) is 1.36. The first kappa shape index (κ1) is 9.21. The van der Waals surface area contributed by atoms with E-state index in [4.69, 9.17) is 5.26 Å². The molecule has 1 heterocycles. The van der Waals surface area contributed by atoms with Gasteiger partial charge in [-0.3, -0.25) is 4.57 Å². The second-order valence-electron chi connectivity index (χ2n) is 3.07. The third-order valence-corrected chi connectivity index (χ3v) is 2.17. The van der Waals surface area contributed by atoms with Crippen LogP contribution in [0.3, 0.4) is 0 Å². The van der Waals surface area contributed by atoms with E-state index in [2.05, 4.69) is 16.3 Å². The summed E-state index contributed by atoms with van der Waals surface area (Å²) in [4.78, 5) is 11.2. The largest absolute Gasteiger partial charge is 0.343 e. The number of aromatic nitrogens is 3. The van der Waals surface area contributed by atoms with Gasteiger partial charge in [-0.25, -0.2) is 9.89 Å². The lowest BCUT2D eigenvalue weighted by Crippen LogP contribution is -2.13. The minimum absolute atomic E-state index is 0.294. The smallest absolute Gasteiger partial charge is 0.278 e. The lowest BCUT2D eigenvalue weighted by molar-refractivity contribution is 0.869. The zero-order valence-electron chi connectivity index (χ0n) is 8.06. The molecule has 5 heteroatoms. The highest BCUT2D eigenvalue weighted by Crippen LogP contribution is 2.18. The predicted molar refractivity (Wildman–Crippen MR) is 54.0 cm³/mol. The molecular formula is C10H8N4O. The van der Waals surface area contributed by atoms with Crippen molar-refractivity contribution in [3.05, 3.63) is 40.3 Å². The monoisotopic (exact) mass is 200 g/mol. The highest BCUT2D eigenvalue weighted by molar-refractivity contribution is 5.64. The first-order chi connectivity index (χ1) is 7.24. The fourth-order valence-electron chi connectivity index (χ4n) is 1.36. The van der Waals surface area contributed by atoms with E-state index in [9.17, 15) is 4.79 Å². The molecule has 15 heavy (non-hydrogen) atoms. The van der Waals surface area contributed by atoms with Gasteiger partial charge in [-0.05, 0) is 12.1 Å². The van der Waals surface area contributed by atoms with Gasteiger partial charge < -0.3 is 0 Å². The Morgan fingerprint density at radius 1 is 1.47 bits per heavy atom. The number of benzene rings is 1. The van der Waals surface area contributed by atoms with Crippen LogP contribution in [0, 0.1) is 11.3 Å². The molecule has 2 aromatic rings. The Labute approximate surface area is 85.6 Å². The molecule has 0 aliphatic carbocycles. The Bertz CT molecular complexity index is 588. The molecule has 5 nitrogen and oxygen atoms in total. The van der Waals surface area contributed by atoms with E-state index >= 15 is 0 Å². The highest BCUT2D eigenvalue weighted by atomic mass is 16.1. The minimum Gasteiger partial charge on any atom is -0.278 e. The number of nitrogens with zero attached hydrogens (tertiary/aromatic N) is 3. The molecule has 74 valence electrons. The van der Waals surface area contributed by atoms with Gasteiger partial charge in [-0.15, -0.1) is 0 Å². The van der Waals surface area contributed by atoms with Gasteiger partial charge in [0.1, 0.15) is 0 Å². The molecule has 0 aliphatic heterocycles. The van der Waals surface area contributed by atoms with Crippen LogP contribution >= 0.6 is 0 Å². The van der Waals surface area contributed by atoms with Gasteiger partial charge in [0, 0.05) is 12.6 Å². The number of aromatic amines is 1. The van der Waals surface area contributed by atoms with Crippen LogP contribution in [-0.4, -0.2) is 14.8 Å². The van der Waals surface area contributed by atoms with Crippen LogP contribution in [-0.2, 0) is 7.05 Å². The molecular weight excluding hydrogens is 192 g/mol. The summed E-state index contributed by atoms with van der Waals surface area (Å²) in [5.74, 6) is 0.470. The van der Waals surface area contributed by atoms with Crippen molar-refractivity contribution in [1.82, 2.24) is 14.8 Å². The van der Waals surface area contributed by atoms with Crippen LogP contribution in [0.2, 0.25) is 0 Å². The number of H-pyrrole nitrogens is 1. The summed E-state index contributed by atoms with van der Waals surface area (Å²) in [6.07, 6.45) is 0. The van der Waals surface area contributed by atoms with Gasteiger partial charge in [0.05, 0.1) is 11.6 Å². The molecule has 0 unspecified atom stereocenters. The Kier molecular flexibility index (Phi) is 2.10. The third-order valence-electron chi connectivity index (χ3n) is 2.17. The summed E-state index contributed by atoms with van der Waals surface area (Å²) in [7, 11) is 1.61. The average molecular weight is 200 g/mol. The Morgan fingerprint density at radius 3 is 2.80 bits per heavy atom. The number of hydrogen-bond acceptors (Lipinski definition) is 3. The molecule has 1 aromatic carbocycles. The Balaban J connectivity index is 2.70. The van der Waals surface area contributed by atoms with Gasteiger partial charge in [0.15, 0.2) is 5.82 Å². The minimum atomic E-state index is -0.294. The van der Waals surface area contributed by atoms with E-state index in [1.165, 1.54) is 4.57 Å². The van der Waals surface area contributed by atoms with Crippen molar-refractivity contribution < 1.29 is 0 Å². The third kappa shape index (κ3) is 1.42. The molecule has 0 bridgehead atoms. The molecule has 0 fully saturated rings. The summed E-state index contributed by atoms with van der Waals surface area (Å²) < 4.78 is 1.37. The molecule has 0 amide bonds. The normalized spacial score (nSPS) is 9.87. The van der Waals surface area contributed by atoms with Crippen LogP contribution in [0.4, 0.5) is 0 Å². The maximum absolute atomic E-state index is 11.2. The number of nitriles is 1. The maximum Gasteiger partial charge on any atom is 0.343 e. The first-order valence-corrected chi connectivity index (χ1v) is 4.35. The van der Waals surface area contributed by atoms with E-state index in [1.807, 2.05) is 0 Å².